The molecule has 6 N–H and O–H groups in total. The number of halogens is 1. The normalized spacial score (nSPS) is 22.8. The number of fused-ring (bicyclic) bond motifs is 7. The first-order chi connectivity index (χ1) is 35.1. The predicted octanol–water partition coefficient (Wildman–Crippen LogP) is 5.72. The van der Waals surface area contributed by atoms with Gasteiger partial charge < -0.3 is 41.4 Å². The van der Waals surface area contributed by atoms with E-state index in [4.69, 9.17) is 9.47 Å². The van der Waals surface area contributed by atoms with Crippen LogP contribution in [0.15, 0.2) is 73.1 Å². The molecule has 0 saturated heterocycles. The number of hydrogen-bond acceptors (Lipinski definition) is 12. The molecule has 20 nitrogen and oxygen atoms in total. The Morgan fingerprint density at radius 1 is 0.630 bits per heavy atom. The molecule has 4 aliphatic carbocycles. The van der Waals surface area contributed by atoms with Crippen molar-refractivity contribution in [2.24, 2.45) is 16.7 Å². The lowest BCUT2D eigenvalue weighted by Crippen LogP contribution is -2.46. The second kappa shape index (κ2) is 19.9. The van der Waals surface area contributed by atoms with Gasteiger partial charge in [0.2, 0.25) is 0 Å². The zero-order valence-corrected chi connectivity index (χ0v) is 40.6. The van der Waals surface area contributed by atoms with Gasteiger partial charge in [0.1, 0.15) is 39.9 Å². The molecule has 6 aliphatic rings. The lowest BCUT2D eigenvalue weighted by atomic mass is 9.54. The summed E-state index contributed by atoms with van der Waals surface area (Å²) >= 11 is 0. The molecule has 0 radical (unpaired) electrons. The van der Waals surface area contributed by atoms with Gasteiger partial charge in [-0.3, -0.25) is 28.8 Å². The Kier molecular flexibility index (Phi) is 13.3. The van der Waals surface area contributed by atoms with Crippen molar-refractivity contribution in [1.82, 2.24) is 50.5 Å². The van der Waals surface area contributed by atoms with Crippen molar-refractivity contribution >= 4 is 58.1 Å². The third-order valence-electron chi connectivity index (χ3n) is 15.0. The first-order valence-electron chi connectivity index (χ1n) is 24.7. The molecule has 4 saturated carbocycles. The van der Waals surface area contributed by atoms with Crippen LogP contribution in [0.2, 0.25) is 0 Å². The molecule has 6 heterocycles. The van der Waals surface area contributed by atoms with Crippen LogP contribution in [-0.4, -0.2) is 96.6 Å². The smallest absolute Gasteiger partial charge is 0.270 e. The van der Waals surface area contributed by atoms with Crippen LogP contribution < -0.4 is 41.4 Å². The van der Waals surface area contributed by atoms with Gasteiger partial charge in [0.05, 0.1) is 23.8 Å². The minimum atomic E-state index is -1.13. The van der Waals surface area contributed by atoms with Gasteiger partial charge in [-0.05, 0) is 123 Å². The number of alkyl halides is 1. The highest BCUT2D eigenvalue weighted by Gasteiger charge is 2.46. The number of hydrogen-bond donors (Lipinski definition) is 6. The largest absolute Gasteiger partial charge is 0.482 e. The first kappa shape index (κ1) is 48.6. The third-order valence-corrected chi connectivity index (χ3v) is 15.0. The fourth-order valence-corrected chi connectivity index (χ4v) is 10.3. The lowest BCUT2D eigenvalue weighted by Gasteiger charge is -2.52. The number of ether oxygens (including phenoxy) is 2. The number of nitrogens with zero attached hydrogens (tertiary/aromatic N) is 6. The fourth-order valence-electron chi connectivity index (χ4n) is 10.3. The number of aromatic nitrogens is 6. The number of carbonyl (C=O) groups is 6. The van der Waals surface area contributed by atoms with Gasteiger partial charge in [-0.1, -0.05) is 19.1 Å². The SMILES string of the molecule is CC1(F)CCC(CNC(=O)c2cc(C(=O)NCc3ccc4c(c3)NC(=O)CO4)nc3ccnn23)CC1.CC12CCC(CNC(=O)c3cc(C(=O)NCc4ccc5c(c4)NC(=O)CO5)nc4ccnn34)(CC1)CC2. The Morgan fingerprint density at radius 2 is 1.11 bits per heavy atom. The average molecular weight is 997 g/mol. The number of rotatable bonds is 12. The number of benzene rings is 2. The van der Waals surface area contributed by atoms with E-state index in [1.54, 1.807) is 55.6 Å². The maximum Gasteiger partial charge on any atom is 0.270 e. The highest BCUT2D eigenvalue weighted by molar-refractivity contribution is 6.00. The molecule has 73 heavy (non-hydrogen) atoms. The summed E-state index contributed by atoms with van der Waals surface area (Å²) in [7, 11) is 0. The van der Waals surface area contributed by atoms with Crippen molar-refractivity contribution in [1.29, 1.82) is 0 Å². The highest BCUT2D eigenvalue weighted by atomic mass is 19.1. The molecule has 6 amide bonds. The molecule has 0 spiro atoms. The van der Waals surface area contributed by atoms with Gasteiger partial charge in [0, 0.05) is 50.4 Å². The summed E-state index contributed by atoms with van der Waals surface area (Å²) in [6.07, 6.45) is 12.6. The van der Waals surface area contributed by atoms with Crippen LogP contribution in [0.4, 0.5) is 15.8 Å². The van der Waals surface area contributed by atoms with Gasteiger partial charge in [-0.25, -0.2) is 23.4 Å². The van der Waals surface area contributed by atoms with Crippen LogP contribution in [0.5, 0.6) is 11.5 Å². The van der Waals surface area contributed by atoms with Gasteiger partial charge in [0.25, 0.3) is 35.4 Å². The molecule has 2 aromatic carbocycles. The summed E-state index contributed by atoms with van der Waals surface area (Å²) in [4.78, 5) is 84.0. The second-order valence-electron chi connectivity index (χ2n) is 20.5. The Bertz CT molecular complexity index is 3130. The van der Waals surface area contributed by atoms with E-state index in [0.717, 1.165) is 30.4 Å². The van der Waals surface area contributed by atoms with Gasteiger partial charge in [-0.15, -0.1) is 0 Å². The van der Waals surface area contributed by atoms with E-state index < -0.39 is 17.5 Å². The molecule has 0 unspecified atom stereocenters. The Labute approximate surface area is 419 Å². The molecule has 0 atom stereocenters. The summed E-state index contributed by atoms with van der Waals surface area (Å²) in [5.41, 5.74) is 3.65. The number of amides is 6. The first-order valence-corrected chi connectivity index (χ1v) is 24.7. The Hall–Kier alpha value is -7.97. The molecule has 380 valence electrons. The number of nitrogens with one attached hydrogen (secondary N) is 6. The van der Waals surface area contributed by atoms with Crippen molar-refractivity contribution in [3.63, 3.8) is 0 Å². The third kappa shape index (κ3) is 10.9. The van der Waals surface area contributed by atoms with Gasteiger partial charge >= 0.3 is 0 Å². The van der Waals surface area contributed by atoms with Crippen LogP contribution in [0.3, 0.4) is 0 Å². The zero-order valence-electron chi connectivity index (χ0n) is 40.6. The van der Waals surface area contributed by atoms with Gasteiger partial charge in [0.15, 0.2) is 24.5 Å². The number of anilines is 2. The summed E-state index contributed by atoms with van der Waals surface area (Å²) in [6.45, 7) is 5.43. The molecular formula is C52H57FN12O8. The van der Waals surface area contributed by atoms with E-state index in [2.05, 4.69) is 59.0 Å². The maximum atomic E-state index is 14.1. The number of carbonyl (C=O) groups excluding carboxylic acids is 6. The van der Waals surface area contributed by atoms with Crippen LogP contribution >= 0.6 is 0 Å². The summed E-state index contributed by atoms with van der Waals surface area (Å²) in [5, 5.41) is 25.6. The van der Waals surface area contributed by atoms with Crippen LogP contribution in [-0.2, 0) is 22.7 Å². The van der Waals surface area contributed by atoms with Crippen molar-refractivity contribution < 1.29 is 42.6 Å². The van der Waals surface area contributed by atoms with Crippen molar-refractivity contribution in [3.8, 4) is 11.5 Å². The Morgan fingerprint density at radius 3 is 1.60 bits per heavy atom. The minimum Gasteiger partial charge on any atom is -0.482 e. The monoisotopic (exact) mass is 996 g/mol. The molecular weight excluding hydrogens is 940 g/mol. The van der Waals surface area contributed by atoms with E-state index in [1.165, 1.54) is 46.6 Å². The average Bonchev–Trinajstić information content (AvgIpc) is 4.09. The molecule has 12 rings (SSSR count). The molecule has 4 aromatic heterocycles. The van der Waals surface area contributed by atoms with E-state index >= 15 is 0 Å². The Balaban J connectivity index is 0.000000168. The van der Waals surface area contributed by atoms with E-state index in [-0.39, 0.29) is 84.0 Å². The molecule has 2 bridgehead atoms. The molecule has 6 aromatic rings. The van der Waals surface area contributed by atoms with Crippen molar-refractivity contribution in [2.45, 2.75) is 96.8 Å². The summed E-state index contributed by atoms with van der Waals surface area (Å²) in [5.74, 6) is -0.591. The van der Waals surface area contributed by atoms with Crippen molar-refractivity contribution in [2.75, 3.05) is 36.9 Å². The van der Waals surface area contributed by atoms with Crippen LogP contribution in [0, 0.1) is 16.7 Å². The summed E-state index contributed by atoms with van der Waals surface area (Å²) < 4.78 is 27.6. The van der Waals surface area contributed by atoms with E-state index in [9.17, 15) is 33.2 Å². The van der Waals surface area contributed by atoms with Crippen molar-refractivity contribution in [3.05, 3.63) is 107 Å². The molecule has 21 heteroatoms. The summed E-state index contributed by atoms with van der Waals surface area (Å²) in [6, 6.07) is 16.8. The predicted molar refractivity (Wildman–Crippen MR) is 264 cm³/mol. The zero-order chi connectivity index (χ0) is 50.9. The van der Waals surface area contributed by atoms with E-state index in [0.29, 0.717) is 78.4 Å². The van der Waals surface area contributed by atoms with Crippen LogP contribution in [0.1, 0.15) is 131 Å². The van der Waals surface area contributed by atoms with E-state index in [1.807, 2.05) is 6.07 Å². The van der Waals surface area contributed by atoms with Crippen LogP contribution in [0.25, 0.3) is 11.3 Å². The minimum absolute atomic E-state index is 0.0117. The maximum absolute atomic E-state index is 14.1. The molecule has 2 aliphatic heterocycles. The highest BCUT2D eigenvalue weighted by Crippen LogP contribution is 2.56. The lowest BCUT2D eigenvalue weighted by molar-refractivity contribution is -0.119. The standard InChI is InChI=1S/C27H30N6O4.C25H27FN6O4/c1-26-5-8-27(9-6-26,10-7-26)16-29-25(36)20-13-19(31-22-4-11-30-33(20)22)24(35)28-14-17-2-3-21-18(12-17)32-23(34)15-37-21;1-25(26)7-4-15(5-8-25)12-28-24(35)19-11-18(30-21-6-9-29-32(19)21)23(34)27-13-16-2-3-20-17(10-16)31-22(33)14-36-20/h2-4,11-13H,5-10,14-16H2,1H3,(H,28,35)(H,29,36)(H,32,34);2-3,6,9-11,15H,4-5,7-8,12-14H2,1H3,(H,27,34)(H,28,35)(H,31,33). The fraction of sp³-hybridized carbons (Fsp3) is 0.423. The second-order valence-corrected chi connectivity index (χ2v) is 20.5. The topological polar surface area (TPSA) is 253 Å². The quantitative estimate of drug-likeness (QED) is 0.0862. The molecule has 4 fully saturated rings. The van der Waals surface area contributed by atoms with Gasteiger partial charge in [-0.2, -0.15) is 10.2 Å².